The van der Waals surface area contributed by atoms with Crippen molar-refractivity contribution in [1.29, 1.82) is 0 Å². The van der Waals surface area contributed by atoms with E-state index in [0.29, 0.717) is 17.7 Å². The first kappa shape index (κ1) is 15.7. The highest BCUT2D eigenvalue weighted by Crippen LogP contribution is 2.51. The minimum absolute atomic E-state index is 0.0993. The maximum absolute atomic E-state index is 13.1. The van der Waals surface area contributed by atoms with E-state index in [1.54, 1.807) is 49.5 Å². The average molecular weight is 337 g/mol. The van der Waals surface area contributed by atoms with Crippen LogP contribution in [0.5, 0.6) is 11.5 Å². The molecule has 3 unspecified atom stereocenters. The third-order valence-electron chi connectivity index (χ3n) is 5.37. The molecule has 1 amide bonds. The first-order valence-electron chi connectivity index (χ1n) is 8.29. The molecular formula is C20H19NO4. The number of carbonyl (C=O) groups excluding carboxylic acids is 2. The van der Waals surface area contributed by atoms with Gasteiger partial charge in [-0.3, -0.25) is 9.59 Å². The number of nitrogens with zero attached hydrogens (tertiary/aromatic N) is 1. The molecule has 1 N–H and O–H groups in total. The van der Waals surface area contributed by atoms with Gasteiger partial charge in [0.1, 0.15) is 17.4 Å². The van der Waals surface area contributed by atoms with E-state index in [1.807, 2.05) is 13.0 Å². The Labute approximate surface area is 145 Å². The number of likely N-dealkylation sites (tertiary alicyclic amines) is 1. The number of fused-ring (bicyclic) bond motifs is 4. The number of benzene rings is 2. The number of ether oxygens (including phenoxy) is 1. The smallest absolute Gasteiger partial charge is 0.236 e. The van der Waals surface area contributed by atoms with Crippen LogP contribution in [0.25, 0.3) is 0 Å². The lowest BCUT2D eigenvalue weighted by Gasteiger charge is -2.51. The topological polar surface area (TPSA) is 66.8 Å². The summed E-state index contributed by atoms with van der Waals surface area (Å²) in [7, 11) is 1.66. The zero-order valence-corrected chi connectivity index (χ0v) is 14.1. The highest BCUT2D eigenvalue weighted by atomic mass is 16.5. The van der Waals surface area contributed by atoms with E-state index in [9.17, 15) is 14.7 Å². The molecule has 5 nitrogen and oxygen atoms in total. The van der Waals surface area contributed by atoms with Crippen LogP contribution in [0.3, 0.4) is 0 Å². The van der Waals surface area contributed by atoms with Gasteiger partial charge in [-0.25, -0.2) is 0 Å². The Morgan fingerprint density at radius 2 is 1.96 bits per heavy atom. The fourth-order valence-corrected chi connectivity index (χ4v) is 3.91. The van der Waals surface area contributed by atoms with Crippen LogP contribution in [-0.4, -0.2) is 34.5 Å². The summed E-state index contributed by atoms with van der Waals surface area (Å²) < 4.78 is 6.02. The van der Waals surface area contributed by atoms with Gasteiger partial charge in [0, 0.05) is 31.0 Å². The molecule has 4 rings (SSSR count). The molecule has 0 radical (unpaired) electrons. The molecule has 2 heterocycles. The molecular weight excluding hydrogens is 318 g/mol. The van der Waals surface area contributed by atoms with Crippen molar-refractivity contribution >= 4 is 11.7 Å². The van der Waals surface area contributed by atoms with Gasteiger partial charge in [0.05, 0.1) is 0 Å². The first-order valence-corrected chi connectivity index (χ1v) is 8.29. The summed E-state index contributed by atoms with van der Waals surface area (Å²) in [6.45, 7) is 1.84. The second-order valence-corrected chi connectivity index (χ2v) is 6.92. The van der Waals surface area contributed by atoms with Gasteiger partial charge in [-0.1, -0.05) is 36.4 Å². The molecule has 2 aromatic rings. The average Bonchev–Trinajstić information content (AvgIpc) is 2.60. The maximum Gasteiger partial charge on any atom is 0.236 e. The number of phenols is 1. The Bertz CT molecular complexity index is 863. The second kappa shape index (κ2) is 5.34. The largest absolute Gasteiger partial charge is 0.508 e. The van der Waals surface area contributed by atoms with Crippen LogP contribution < -0.4 is 4.74 Å². The van der Waals surface area contributed by atoms with Crippen LogP contribution in [0.1, 0.15) is 35.2 Å². The van der Waals surface area contributed by atoms with E-state index in [4.69, 9.17) is 4.74 Å². The van der Waals surface area contributed by atoms with Gasteiger partial charge in [0.25, 0.3) is 0 Å². The summed E-state index contributed by atoms with van der Waals surface area (Å²) >= 11 is 0. The lowest BCUT2D eigenvalue weighted by Crippen LogP contribution is -2.62. The standard InChI is InChI=1S/C20H19NO4/c1-20-11-15(14-9-8-13(22)10-16(14)25-20)17(19(24)21(20)2)18(23)12-6-4-3-5-7-12/h3-10,15,17,22H,11H2,1-2H3. The van der Waals surface area contributed by atoms with Crippen molar-refractivity contribution in [3.05, 3.63) is 59.7 Å². The van der Waals surface area contributed by atoms with Crippen molar-refractivity contribution in [2.75, 3.05) is 7.05 Å². The first-order chi connectivity index (χ1) is 11.9. The van der Waals surface area contributed by atoms with Crippen LogP contribution >= 0.6 is 0 Å². The van der Waals surface area contributed by atoms with E-state index in [0.717, 1.165) is 5.56 Å². The van der Waals surface area contributed by atoms with E-state index in [2.05, 4.69) is 0 Å². The number of aromatic hydroxyl groups is 1. The molecule has 1 fully saturated rings. The van der Waals surface area contributed by atoms with Crippen molar-refractivity contribution < 1.29 is 19.4 Å². The van der Waals surface area contributed by atoms with Crippen molar-refractivity contribution in [3.8, 4) is 11.5 Å². The monoisotopic (exact) mass is 337 g/mol. The number of hydrogen-bond donors (Lipinski definition) is 1. The van der Waals surface area contributed by atoms with Gasteiger partial charge in [-0.15, -0.1) is 0 Å². The van der Waals surface area contributed by atoms with Gasteiger partial charge < -0.3 is 14.7 Å². The summed E-state index contributed by atoms with van der Waals surface area (Å²) in [5.41, 5.74) is 0.506. The number of Topliss-reactive ketones (excluding diaryl/α,β-unsaturated/α-hetero) is 1. The van der Waals surface area contributed by atoms with Crippen LogP contribution in [-0.2, 0) is 4.79 Å². The van der Waals surface area contributed by atoms with Gasteiger partial charge in [-0.2, -0.15) is 0 Å². The molecule has 2 aromatic carbocycles. The number of ketones is 1. The molecule has 0 aliphatic carbocycles. The summed E-state index contributed by atoms with van der Waals surface area (Å²) in [4.78, 5) is 27.6. The van der Waals surface area contributed by atoms with E-state index >= 15 is 0 Å². The van der Waals surface area contributed by atoms with E-state index in [-0.39, 0.29) is 23.4 Å². The van der Waals surface area contributed by atoms with Crippen LogP contribution in [0, 0.1) is 5.92 Å². The van der Waals surface area contributed by atoms with Gasteiger partial charge in [0.2, 0.25) is 5.91 Å². The zero-order chi connectivity index (χ0) is 17.8. The Kier molecular flexibility index (Phi) is 3.35. The lowest BCUT2D eigenvalue weighted by molar-refractivity contribution is -0.165. The molecule has 0 saturated carbocycles. The Morgan fingerprint density at radius 3 is 2.68 bits per heavy atom. The van der Waals surface area contributed by atoms with Crippen molar-refractivity contribution in [1.82, 2.24) is 4.90 Å². The zero-order valence-electron chi connectivity index (χ0n) is 14.1. The summed E-state index contributed by atoms with van der Waals surface area (Å²) in [5, 5.41) is 9.78. The highest BCUT2D eigenvalue weighted by molar-refractivity contribution is 6.11. The Morgan fingerprint density at radius 1 is 1.24 bits per heavy atom. The third kappa shape index (κ3) is 2.30. The third-order valence-corrected chi connectivity index (χ3v) is 5.37. The molecule has 5 heteroatoms. The minimum atomic E-state index is -0.823. The summed E-state index contributed by atoms with van der Waals surface area (Å²) in [6.07, 6.45) is 0.538. The number of rotatable bonds is 2. The van der Waals surface area contributed by atoms with Crippen LogP contribution in [0.15, 0.2) is 48.5 Å². The Hall–Kier alpha value is -2.82. The molecule has 2 bridgehead atoms. The molecule has 128 valence electrons. The van der Waals surface area contributed by atoms with Crippen molar-refractivity contribution in [2.45, 2.75) is 25.0 Å². The molecule has 0 spiro atoms. The molecule has 25 heavy (non-hydrogen) atoms. The molecule has 1 saturated heterocycles. The number of piperidine rings is 1. The Balaban J connectivity index is 1.84. The number of amides is 1. The van der Waals surface area contributed by atoms with Gasteiger partial charge in [0.15, 0.2) is 11.5 Å². The molecule has 3 atom stereocenters. The maximum atomic E-state index is 13.1. The predicted molar refractivity (Wildman–Crippen MR) is 91.5 cm³/mol. The minimum Gasteiger partial charge on any atom is -0.508 e. The lowest BCUT2D eigenvalue weighted by atomic mass is 9.71. The summed E-state index contributed by atoms with van der Waals surface area (Å²) in [6, 6.07) is 13.8. The number of phenolic OH excluding ortho intramolecular Hbond substituents is 1. The highest BCUT2D eigenvalue weighted by Gasteiger charge is 2.54. The van der Waals surface area contributed by atoms with Crippen LogP contribution in [0.4, 0.5) is 0 Å². The van der Waals surface area contributed by atoms with Crippen LogP contribution in [0.2, 0.25) is 0 Å². The van der Waals surface area contributed by atoms with E-state index in [1.165, 1.54) is 4.90 Å². The SMILES string of the molecule is CN1C(=O)C(C(=O)c2ccccc2)C2CC1(C)Oc1cc(O)ccc12. The molecule has 2 aliphatic heterocycles. The van der Waals surface area contributed by atoms with E-state index < -0.39 is 11.6 Å². The normalized spacial score (nSPS) is 27.4. The fourth-order valence-electron chi connectivity index (χ4n) is 3.91. The fraction of sp³-hybridized carbons (Fsp3) is 0.300. The van der Waals surface area contributed by atoms with Gasteiger partial charge >= 0.3 is 0 Å². The van der Waals surface area contributed by atoms with Crippen molar-refractivity contribution in [2.24, 2.45) is 5.92 Å². The number of hydrogen-bond acceptors (Lipinski definition) is 4. The molecule has 0 aromatic heterocycles. The second-order valence-electron chi connectivity index (χ2n) is 6.92. The quantitative estimate of drug-likeness (QED) is 0.676. The van der Waals surface area contributed by atoms with Gasteiger partial charge in [-0.05, 0) is 18.6 Å². The summed E-state index contributed by atoms with van der Waals surface area (Å²) in [5.74, 6) is -0.832. The predicted octanol–water partition coefficient (Wildman–Crippen LogP) is 2.95. The number of carbonyl (C=O) groups is 2. The molecule has 2 aliphatic rings. The van der Waals surface area contributed by atoms with Crippen molar-refractivity contribution in [3.63, 3.8) is 0 Å².